The molecule has 8 nitrogen and oxygen atoms in total. The Morgan fingerprint density at radius 2 is 1.82 bits per heavy atom. The molecule has 0 saturated heterocycles. The van der Waals surface area contributed by atoms with E-state index in [1.165, 1.54) is 0 Å². The van der Waals surface area contributed by atoms with Crippen LogP contribution in [-0.2, 0) is 19.1 Å². The van der Waals surface area contributed by atoms with E-state index in [-0.39, 0.29) is 18.3 Å². The molecule has 2 amide bonds. The third-order valence-electron chi connectivity index (χ3n) is 7.52. The number of benzene rings is 2. The third-order valence-corrected chi connectivity index (χ3v) is 7.52. The molecule has 44 heavy (non-hydrogen) atoms. The van der Waals surface area contributed by atoms with E-state index in [1.807, 2.05) is 55.8 Å². The van der Waals surface area contributed by atoms with Crippen LogP contribution in [0.1, 0.15) is 47.4 Å². The Balaban J connectivity index is 1.69. The lowest BCUT2D eigenvalue weighted by Crippen LogP contribution is -2.32. The Morgan fingerprint density at radius 1 is 1.11 bits per heavy atom. The molecule has 0 spiro atoms. The molecule has 12 heteroatoms. The van der Waals surface area contributed by atoms with Crippen LogP contribution in [-0.4, -0.2) is 33.9 Å². The number of aromatic nitrogens is 3. The van der Waals surface area contributed by atoms with E-state index in [4.69, 9.17) is 15.6 Å². The zero-order chi connectivity index (χ0) is 31.9. The lowest BCUT2D eigenvalue weighted by Gasteiger charge is -2.28. The number of anilines is 2. The second-order valence-electron chi connectivity index (χ2n) is 11.5. The van der Waals surface area contributed by atoms with Crippen LogP contribution in [0.2, 0.25) is 0 Å². The molecule has 0 unspecified atom stereocenters. The summed E-state index contributed by atoms with van der Waals surface area (Å²) in [5.41, 5.74) is 11.1. The van der Waals surface area contributed by atoms with Gasteiger partial charge in [0.05, 0.1) is 23.6 Å². The first-order valence-electron chi connectivity index (χ1n) is 14.2. The highest BCUT2D eigenvalue weighted by Gasteiger charge is 2.34. The number of urea groups is 1. The van der Waals surface area contributed by atoms with E-state index in [1.54, 1.807) is 4.90 Å². The van der Waals surface area contributed by atoms with Crippen molar-refractivity contribution < 1.29 is 27.1 Å². The number of hydrogen-bond acceptors (Lipinski definition) is 5. The van der Waals surface area contributed by atoms with E-state index in [0.717, 1.165) is 44.9 Å². The number of nitrogens with two attached hydrogens (primary N) is 1. The van der Waals surface area contributed by atoms with Gasteiger partial charge >= 0.3 is 12.2 Å². The van der Waals surface area contributed by atoms with Gasteiger partial charge in [-0.1, -0.05) is 26.0 Å². The number of aryl methyl sites for hydroxylation is 3. The number of primary amides is 1. The molecule has 0 saturated carbocycles. The number of nitrogens with one attached hydrogen (secondary N) is 1. The molecule has 232 valence electrons. The Morgan fingerprint density at radius 3 is 2.43 bits per heavy atom. The molecule has 1 aliphatic heterocycles. The third kappa shape index (κ3) is 6.06. The van der Waals surface area contributed by atoms with Gasteiger partial charge in [0.15, 0.2) is 11.6 Å². The average Bonchev–Trinajstić information content (AvgIpc) is 3.31. The van der Waals surface area contributed by atoms with Crippen LogP contribution < -0.4 is 20.7 Å². The van der Waals surface area contributed by atoms with Gasteiger partial charge in [0, 0.05) is 42.5 Å². The summed E-state index contributed by atoms with van der Waals surface area (Å²) in [6.07, 6.45) is -3.64. The quantitative estimate of drug-likeness (QED) is 0.218. The maximum Gasteiger partial charge on any atom is 0.417 e. The number of halogens is 4. The first-order valence-corrected chi connectivity index (χ1v) is 14.2. The summed E-state index contributed by atoms with van der Waals surface area (Å²) in [7, 11) is 0. The summed E-state index contributed by atoms with van der Waals surface area (Å²) in [4.78, 5) is 17.2. The molecule has 0 atom stereocenters. The molecular weight excluding hydrogens is 576 g/mol. The SMILES string of the molecule is Cc1cc(-c2c3c(nn2-c2c(C)cccc2OCC(C)C)CCN(c2ncc(C(F)(F)F)cc2F)C3)cc(C)c1NC(N)=O. The van der Waals surface area contributed by atoms with Crippen molar-refractivity contribution in [2.45, 2.75) is 53.8 Å². The monoisotopic (exact) mass is 610 g/mol. The fourth-order valence-electron chi connectivity index (χ4n) is 5.53. The highest BCUT2D eigenvalue weighted by Crippen LogP contribution is 2.40. The minimum atomic E-state index is -4.70. The number of carbonyl (C=O) groups excluding carboxylic acids is 1. The van der Waals surface area contributed by atoms with Crippen LogP contribution in [0.4, 0.5) is 33.9 Å². The molecule has 0 bridgehead atoms. The lowest BCUT2D eigenvalue weighted by molar-refractivity contribution is -0.138. The number of pyridine rings is 1. The minimum Gasteiger partial charge on any atom is -0.491 e. The zero-order valence-electron chi connectivity index (χ0n) is 25.1. The fraction of sp³-hybridized carbons (Fsp3) is 0.344. The molecule has 0 fully saturated rings. The van der Waals surface area contributed by atoms with Gasteiger partial charge in [0.25, 0.3) is 0 Å². The smallest absolute Gasteiger partial charge is 0.417 e. The fourth-order valence-corrected chi connectivity index (χ4v) is 5.53. The van der Waals surface area contributed by atoms with Crippen molar-refractivity contribution in [2.75, 3.05) is 23.4 Å². The van der Waals surface area contributed by atoms with Crippen molar-refractivity contribution in [2.24, 2.45) is 11.7 Å². The van der Waals surface area contributed by atoms with Crippen molar-refractivity contribution >= 4 is 17.5 Å². The van der Waals surface area contributed by atoms with Gasteiger partial charge < -0.3 is 20.7 Å². The molecule has 5 rings (SSSR count). The van der Waals surface area contributed by atoms with Gasteiger partial charge in [-0.2, -0.15) is 18.3 Å². The van der Waals surface area contributed by atoms with Crippen LogP contribution in [0.25, 0.3) is 16.9 Å². The number of fused-ring (bicyclic) bond motifs is 1. The number of para-hydroxylation sites is 1. The van der Waals surface area contributed by atoms with E-state index in [2.05, 4.69) is 24.1 Å². The topological polar surface area (TPSA) is 98.3 Å². The van der Waals surface area contributed by atoms with E-state index < -0.39 is 23.6 Å². The van der Waals surface area contributed by atoms with Crippen molar-refractivity contribution in [3.63, 3.8) is 0 Å². The van der Waals surface area contributed by atoms with Gasteiger partial charge in [-0.3, -0.25) is 0 Å². The van der Waals surface area contributed by atoms with Gasteiger partial charge in [-0.25, -0.2) is 18.9 Å². The normalized spacial score (nSPS) is 13.3. The summed E-state index contributed by atoms with van der Waals surface area (Å²) in [6, 6.07) is 9.39. The summed E-state index contributed by atoms with van der Waals surface area (Å²) in [5, 5.41) is 7.71. The number of alkyl halides is 3. The molecule has 2 aromatic carbocycles. The molecule has 3 heterocycles. The van der Waals surface area contributed by atoms with Crippen LogP contribution in [0.5, 0.6) is 5.75 Å². The van der Waals surface area contributed by atoms with Crippen LogP contribution in [0, 0.1) is 32.5 Å². The number of hydrogen-bond donors (Lipinski definition) is 2. The Kier molecular flexibility index (Phi) is 8.28. The number of ether oxygens (including phenoxy) is 1. The van der Waals surface area contributed by atoms with E-state index in [0.29, 0.717) is 43.3 Å². The molecule has 2 aromatic heterocycles. The van der Waals surface area contributed by atoms with E-state index in [9.17, 15) is 18.0 Å². The predicted molar refractivity (Wildman–Crippen MR) is 161 cm³/mol. The van der Waals surface area contributed by atoms with E-state index >= 15 is 4.39 Å². The Bertz CT molecular complexity index is 1710. The highest BCUT2D eigenvalue weighted by molar-refractivity contribution is 5.90. The average molecular weight is 611 g/mol. The molecule has 0 aliphatic carbocycles. The number of carbonyl (C=O) groups is 1. The van der Waals surface area contributed by atoms with Crippen molar-refractivity contribution in [3.8, 4) is 22.7 Å². The summed E-state index contributed by atoms with van der Waals surface area (Å²) >= 11 is 0. The predicted octanol–water partition coefficient (Wildman–Crippen LogP) is 7.11. The van der Waals surface area contributed by atoms with Crippen molar-refractivity contribution in [1.82, 2.24) is 14.8 Å². The van der Waals surface area contributed by atoms with Gasteiger partial charge in [-0.15, -0.1) is 0 Å². The van der Waals surface area contributed by atoms with Gasteiger partial charge in [-0.05, 0) is 67.6 Å². The Labute approximate surface area is 252 Å². The summed E-state index contributed by atoms with van der Waals surface area (Å²) in [6.45, 7) is 10.8. The minimum absolute atomic E-state index is 0.160. The first kappa shape index (κ1) is 30.8. The maximum absolute atomic E-state index is 15.1. The number of rotatable bonds is 7. The zero-order valence-corrected chi connectivity index (χ0v) is 25.1. The molecule has 1 aliphatic rings. The number of nitrogens with zero attached hydrogens (tertiary/aromatic N) is 4. The molecular formula is C32H34F4N6O2. The standard InChI is InChI=1S/C32H34F4N6O2/c1-17(2)16-44-26-8-6-7-18(3)28(26)42-29(21-11-19(4)27(20(5)12-21)39-31(37)43)23-15-41(10-9-25(23)40-42)30-24(33)13-22(14-38-30)32(34,35)36/h6-8,11-14,17H,9-10,15-16H2,1-5H3,(H3,37,39,43). The largest absolute Gasteiger partial charge is 0.491 e. The van der Waals surface area contributed by atoms with Crippen molar-refractivity contribution in [1.29, 1.82) is 0 Å². The molecule has 3 N–H and O–H groups in total. The maximum atomic E-state index is 15.1. The number of amides is 2. The van der Waals surface area contributed by atoms with Crippen LogP contribution >= 0.6 is 0 Å². The van der Waals surface area contributed by atoms with Crippen LogP contribution in [0.15, 0.2) is 42.6 Å². The van der Waals surface area contributed by atoms with Gasteiger partial charge in [0.2, 0.25) is 0 Å². The molecule has 0 radical (unpaired) electrons. The Hall–Kier alpha value is -4.61. The molecule has 4 aromatic rings. The van der Waals surface area contributed by atoms with Gasteiger partial charge in [0.1, 0.15) is 11.4 Å². The first-order chi connectivity index (χ1) is 20.7. The highest BCUT2D eigenvalue weighted by atomic mass is 19.4. The summed E-state index contributed by atoms with van der Waals surface area (Å²) in [5.74, 6) is -0.280. The summed E-state index contributed by atoms with van der Waals surface area (Å²) < 4.78 is 62.7. The second-order valence-corrected chi connectivity index (χ2v) is 11.5. The lowest BCUT2D eigenvalue weighted by atomic mass is 9.96. The van der Waals surface area contributed by atoms with Crippen molar-refractivity contribution in [3.05, 3.63) is 81.9 Å². The van der Waals surface area contributed by atoms with Crippen LogP contribution in [0.3, 0.4) is 0 Å². The second kappa shape index (κ2) is 11.8.